The number of amides is 4. The van der Waals surface area contributed by atoms with Gasteiger partial charge in [0.05, 0.1) is 6.26 Å². The molecule has 8 nitrogen and oxygen atoms in total. The Kier molecular flexibility index (Phi) is 3.56. The van der Waals surface area contributed by atoms with Crippen LogP contribution in [-0.4, -0.2) is 67.2 Å². The van der Waals surface area contributed by atoms with Crippen molar-refractivity contribution in [2.45, 2.75) is 43.8 Å². The van der Waals surface area contributed by atoms with Crippen molar-refractivity contribution in [2.75, 3.05) is 19.3 Å². The summed E-state index contributed by atoms with van der Waals surface area (Å²) < 4.78 is 25.2. The van der Waals surface area contributed by atoms with Gasteiger partial charge in [0.2, 0.25) is 10.0 Å². The number of carbonyl (C=O) groups excluding carboxylic acids is 2. The van der Waals surface area contributed by atoms with Crippen molar-refractivity contribution in [3.8, 4) is 0 Å². The number of rotatable bonds is 2. The van der Waals surface area contributed by atoms with Crippen LogP contribution in [0.15, 0.2) is 0 Å². The number of sulfonamides is 1. The third-order valence-corrected chi connectivity index (χ3v) is 5.84. The summed E-state index contributed by atoms with van der Waals surface area (Å²) in [6, 6.07) is -0.888. The summed E-state index contributed by atoms with van der Waals surface area (Å²) in [5, 5.41) is 5.45. The molecular weight excluding hydrogens is 296 g/mol. The smallest absolute Gasteiger partial charge is 0.325 e. The first-order valence-corrected chi connectivity index (χ1v) is 9.05. The molecule has 3 aliphatic heterocycles. The van der Waals surface area contributed by atoms with Crippen molar-refractivity contribution in [2.24, 2.45) is 0 Å². The van der Waals surface area contributed by atoms with Gasteiger partial charge < -0.3 is 10.6 Å². The van der Waals surface area contributed by atoms with Gasteiger partial charge in [-0.25, -0.2) is 22.9 Å². The number of piperidine rings is 1. The molecule has 3 rings (SSSR count). The molecule has 9 heteroatoms. The first-order valence-electron chi connectivity index (χ1n) is 7.20. The van der Waals surface area contributed by atoms with Crippen molar-refractivity contribution >= 4 is 22.1 Å². The van der Waals surface area contributed by atoms with E-state index in [2.05, 4.69) is 10.6 Å². The summed E-state index contributed by atoms with van der Waals surface area (Å²) in [6.07, 6.45) is 4.16. The number of fused-ring (bicyclic) bond motifs is 2. The van der Waals surface area contributed by atoms with Crippen molar-refractivity contribution in [3.63, 3.8) is 0 Å². The molecule has 4 amide bonds. The van der Waals surface area contributed by atoms with Crippen LogP contribution in [0.4, 0.5) is 9.59 Å². The molecule has 3 fully saturated rings. The van der Waals surface area contributed by atoms with Crippen molar-refractivity contribution < 1.29 is 18.0 Å². The number of nitrogens with zero attached hydrogens (tertiary/aromatic N) is 2. The van der Waals surface area contributed by atoms with Gasteiger partial charge >= 0.3 is 12.1 Å². The molecule has 0 aliphatic carbocycles. The van der Waals surface area contributed by atoms with Crippen LogP contribution in [0.3, 0.4) is 0 Å². The fourth-order valence-corrected chi connectivity index (χ4v) is 5.18. The summed E-state index contributed by atoms with van der Waals surface area (Å²) in [7, 11) is -3.19. The van der Waals surface area contributed by atoms with Crippen LogP contribution in [0.5, 0.6) is 0 Å². The molecule has 0 radical (unpaired) electrons. The first-order chi connectivity index (χ1) is 9.86. The second-order valence-corrected chi connectivity index (χ2v) is 7.87. The lowest BCUT2D eigenvalue weighted by atomic mass is 10.00. The number of imide groups is 1. The van der Waals surface area contributed by atoms with E-state index >= 15 is 0 Å². The van der Waals surface area contributed by atoms with Crippen LogP contribution in [0.2, 0.25) is 0 Å². The minimum atomic E-state index is -3.19. The van der Waals surface area contributed by atoms with E-state index in [0.717, 1.165) is 17.7 Å². The maximum Gasteiger partial charge on any atom is 0.325 e. The molecular formula is C12H20N4O4S. The second-order valence-electron chi connectivity index (χ2n) is 5.98. The SMILES string of the molecule is CS(=O)(=O)N1C2CCC1CC(NC(=O)N1CCNC1=O)C2. The van der Waals surface area contributed by atoms with E-state index in [4.69, 9.17) is 0 Å². The van der Waals surface area contributed by atoms with Crippen molar-refractivity contribution in [1.29, 1.82) is 0 Å². The van der Waals surface area contributed by atoms with Gasteiger partial charge in [-0.1, -0.05) is 0 Å². The lowest BCUT2D eigenvalue weighted by Gasteiger charge is -2.37. The summed E-state index contributed by atoms with van der Waals surface area (Å²) in [5.41, 5.74) is 0. The highest BCUT2D eigenvalue weighted by molar-refractivity contribution is 7.88. The van der Waals surface area contributed by atoms with Gasteiger partial charge in [0.1, 0.15) is 0 Å². The molecule has 3 saturated heterocycles. The Bertz CT molecular complexity index is 550. The third kappa shape index (κ3) is 2.71. The van der Waals surface area contributed by atoms with Gasteiger partial charge in [0.15, 0.2) is 0 Å². The van der Waals surface area contributed by atoms with Gasteiger partial charge in [-0.05, 0) is 25.7 Å². The molecule has 0 spiro atoms. The van der Waals surface area contributed by atoms with Gasteiger partial charge in [-0.15, -0.1) is 0 Å². The van der Waals surface area contributed by atoms with E-state index in [1.165, 1.54) is 6.26 Å². The molecule has 2 N–H and O–H groups in total. The van der Waals surface area contributed by atoms with Gasteiger partial charge in [0.25, 0.3) is 0 Å². The van der Waals surface area contributed by atoms with Gasteiger partial charge in [-0.3, -0.25) is 0 Å². The van der Waals surface area contributed by atoms with E-state index in [-0.39, 0.29) is 30.2 Å². The summed E-state index contributed by atoms with van der Waals surface area (Å²) >= 11 is 0. The zero-order valence-electron chi connectivity index (χ0n) is 11.9. The normalized spacial score (nSPS) is 33.1. The monoisotopic (exact) mass is 316 g/mol. The highest BCUT2D eigenvalue weighted by atomic mass is 32.2. The van der Waals surface area contributed by atoms with E-state index in [1.807, 2.05) is 0 Å². The Morgan fingerprint density at radius 2 is 1.90 bits per heavy atom. The van der Waals surface area contributed by atoms with E-state index in [0.29, 0.717) is 25.9 Å². The number of hydrogen-bond donors (Lipinski definition) is 2. The summed E-state index contributed by atoms with van der Waals surface area (Å²) in [5.74, 6) is 0. The predicted octanol–water partition coefficient (Wildman–Crippen LogP) is -0.324. The molecule has 0 aromatic heterocycles. The molecule has 0 aromatic carbocycles. The summed E-state index contributed by atoms with van der Waals surface area (Å²) in [6.45, 7) is 0.851. The fraction of sp³-hybridized carbons (Fsp3) is 0.833. The standard InChI is InChI=1S/C12H20N4O4S/c1-21(19,20)16-9-2-3-10(16)7-8(6-9)14-12(18)15-5-4-13-11(15)17/h8-10H,2-7H2,1H3,(H,13,17)(H,14,18). The lowest BCUT2D eigenvalue weighted by molar-refractivity contribution is 0.179. The predicted molar refractivity (Wildman–Crippen MR) is 75.2 cm³/mol. The Labute approximate surface area is 123 Å². The number of urea groups is 2. The summed E-state index contributed by atoms with van der Waals surface area (Å²) in [4.78, 5) is 24.7. The zero-order chi connectivity index (χ0) is 15.2. The minimum Gasteiger partial charge on any atom is -0.336 e. The van der Waals surface area contributed by atoms with E-state index in [9.17, 15) is 18.0 Å². The van der Waals surface area contributed by atoms with Crippen LogP contribution in [-0.2, 0) is 10.0 Å². The Morgan fingerprint density at radius 3 is 2.38 bits per heavy atom. The maximum absolute atomic E-state index is 12.1. The fourth-order valence-electron chi connectivity index (χ4n) is 3.71. The van der Waals surface area contributed by atoms with Crippen LogP contribution in [0.25, 0.3) is 0 Å². The molecule has 21 heavy (non-hydrogen) atoms. The molecule has 3 aliphatic rings. The molecule has 0 aromatic rings. The molecule has 3 heterocycles. The molecule has 2 atom stereocenters. The molecule has 118 valence electrons. The Hall–Kier alpha value is -1.35. The van der Waals surface area contributed by atoms with Gasteiger partial charge in [-0.2, -0.15) is 4.31 Å². The average molecular weight is 316 g/mol. The average Bonchev–Trinajstić information content (AvgIpc) is 2.91. The minimum absolute atomic E-state index is 0.0311. The Morgan fingerprint density at radius 1 is 1.29 bits per heavy atom. The largest absolute Gasteiger partial charge is 0.336 e. The highest BCUT2D eigenvalue weighted by Gasteiger charge is 2.45. The zero-order valence-corrected chi connectivity index (χ0v) is 12.7. The van der Waals surface area contributed by atoms with E-state index < -0.39 is 10.0 Å². The number of nitrogens with one attached hydrogen (secondary N) is 2. The number of carbonyl (C=O) groups is 2. The number of hydrogen-bond acceptors (Lipinski definition) is 4. The quantitative estimate of drug-likeness (QED) is 0.729. The van der Waals surface area contributed by atoms with Crippen LogP contribution in [0, 0.1) is 0 Å². The van der Waals surface area contributed by atoms with E-state index in [1.54, 1.807) is 4.31 Å². The van der Waals surface area contributed by atoms with Gasteiger partial charge in [0, 0.05) is 31.2 Å². The van der Waals surface area contributed by atoms with Crippen molar-refractivity contribution in [1.82, 2.24) is 19.8 Å². The molecule has 2 unspecified atom stereocenters. The first kappa shape index (κ1) is 14.6. The second kappa shape index (κ2) is 5.13. The van der Waals surface area contributed by atoms with Crippen LogP contribution in [0.1, 0.15) is 25.7 Å². The topological polar surface area (TPSA) is 98.8 Å². The van der Waals surface area contributed by atoms with Crippen LogP contribution < -0.4 is 10.6 Å². The highest BCUT2D eigenvalue weighted by Crippen LogP contribution is 2.37. The van der Waals surface area contributed by atoms with Crippen molar-refractivity contribution in [3.05, 3.63) is 0 Å². The molecule has 2 bridgehead atoms. The third-order valence-electron chi connectivity index (χ3n) is 4.48. The Balaban J connectivity index is 1.63. The molecule has 0 saturated carbocycles. The maximum atomic E-state index is 12.1. The lowest BCUT2D eigenvalue weighted by Crippen LogP contribution is -2.54. The van der Waals surface area contributed by atoms with Crippen LogP contribution >= 0.6 is 0 Å².